The molecule has 0 spiro atoms. The average molecular weight is 263 g/mol. The maximum absolute atomic E-state index is 11.1. The van der Waals surface area contributed by atoms with E-state index in [4.69, 9.17) is 0 Å². The Labute approximate surface area is 113 Å². The largest absolute Gasteiger partial charge is 0.453 e. The molecule has 1 aromatic rings. The number of hydrogen-bond acceptors (Lipinski definition) is 4. The Morgan fingerprint density at radius 1 is 1.42 bits per heavy atom. The second kappa shape index (κ2) is 6.99. The summed E-state index contributed by atoms with van der Waals surface area (Å²) in [5, 5.41) is 9.54. The molecule has 1 atom stereocenters. The van der Waals surface area contributed by atoms with E-state index in [0.29, 0.717) is 6.04 Å². The number of hydrogen-bond donors (Lipinski definition) is 3. The summed E-state index contributed by atoms with van der Waals surface area (Å²) in [5.41, 5.74) is 1.73. The third-order valence-electron chi connectivity index (χ3n) is 3.26. The van der Waals surface area contributed by atoms with E-state index >= 15 is 0 Å². The third-order valence-corrected chi connectivity index (χ3v) is 3.26. The van der Waals surface area contributed by atoms with E-state index in [1.54, 1.807) is 0 Å². The Kier molecular flexibility index (Phi) is 5.03. The van der Waals surface area contributed by atoms with Crippen molar-refractivity contribution >= 4 is 17.5 Å². The van der Waals surface area contributed by atoms with Gasteiger partial charge in [0.25, 0.3) is 0 Å². The number of ether oxygens (including phenoxy) is 1. The van der Waals surface area contributed by atoms with Crippen LogP contribution < -0.4 is 16.0 Å². The molecular weight excluding hydrogens is 242 g/mol. The van der Waals surface area contributed by atoms with Crippen molar-refractivity contribution in [3.05, 3.63) is 24.3 Å². The fourth-order valence-corrected chi connectivity index (χ4v) is 2.22. The molecule has 1 saturated heterocycles. The molecule has 1 unspecified atom stereocenters. The fraction of sp³-hybridized carbons (Fsp3) is 0.500. The Morgan fingerprint density at radius 2 is 2.26 bits per heavy atom. The third kappa shape index (κ3) is 4.44. The zero-order valence-corrected chi connectivity index (χ0v) is 11.2. The lowest BCUT2D eigenvalue weighted by Gasteiger charge is -2.24. The fourth-order valence-electron chi connectivity index (χ4n) is 2.22. The van der Waals surface area contributed by atoms with Gasteiger partial charge in [0, 0.05) is 24.0 Å². The van der Waals surface area contributed by atoms with Crippen molar-refractivity contribution in [3.8, 4) is 0 Å². The van der Waals surface area contributed by atoms with E-state index in [1.165, 1.54) is 26.4 Å². The van der Waals surface area contributed by atoms with Crippen LogP contribution in [0.4, 0.5) is 16.2 Å². The van der Waals surface area contributed by atoms with E-state index in [0.717, 1.165) is 24.5 Å². The number of amides is 1. The number of methoxy groups -OCH3 is 1. The van der Waals surface area contributed by atoms with Crippen molar-refractivity contribution in [1.82, 2.24) is 5.32 Å². The van der Waals surface area contributed by atoms with Gasteiger partial charge in [-0.15, -0.1) is 0 Å². The van der Waals surface area contributed by atoms with Crippen molar-refractivity contribution in [2.45, 2.75) is 25.3 Å². The summed E-state index contributed by atoms with van der Waals surface area (Å²) in [6, 6.07) is 8.17. The summed E-state index contributed by atoms with van der Waals surface area (Å²) in [6.07, 6.45) is 3.33. The van der Waals surface area contributed by atoms with Crippen molar-refractivity contribution in [3.63, 3.8) is 0 Å². The van der Waals surface area contributed by atoms with E-state index in [2.05, 4.69) is 20.7 Å². The lowest BCUT2D eigenvalue weighted by molar-refractivity contribution is 0.187. The van der Waals surface area contributed by atoms with Gasteiger partial charge in [-0.05, 0) is 37.6 Å². The van der Waals surface area contributed by atoms with Crippen LogP contribution in [0.1, 0.15) is 19.3 Å². The second-order valence-electron chi connectivity index (χ2n) is 4.73. The van der Waals surface area contributed by atoms with Crippen molar-refractivity contribution < 1.29 is 9.53 Å². The first-order valence-electron chi connectivity index (χ1n) is 6.70. The molecule has 0 aromatic heterocycles. The maximum atomic E-state index is 11.1. The van der Waals surface area contributed by atoms with Crippen LogP contribution in [0.3, 0.4) is 0 Å². The molecule has 19 heavy (non-hydrogen) atoms. The molecule has 0 radical (unpaired) electrons. The maximum Gasteiger partial charge on any atom is 0.411 e. The minimum atomic E-state index is -0.453. The molecule has 2 rings (SSSR count). The molecule has 1 fully saturated rings. The summed E-state index contributed by atoms with van der Waals surface area (Å²) in [4.78, 5) is 11.1. The predicted octanol–water partition coefficient (Wildman–Crippen LogP) is 2.42. The van der Waals surface area contributed by atoms with Crippen LogP contribution in [0.25, 0.3) is 0 Å². The highest BCUT2D eigenvalue weighted by atomic mass is 16.5. The van der Waals surface area contributed by atoms with Crippen LogP contribution in [-0.4, -0.2) is 32.3 Å². The number of rotatable bonds is 4. The SMILES string of the molecule is COC(=O)Nc1cccc(NCC2CCCCN2)c1. The van der Waals surface area contributed by atoms with E-state index in [9.17, 15) is 4.79 Å². The molecule has 104 valence electrons. The summed E-state index contributed by atoms with van der Waals surface area (Å²) in [7, 11) is 1.35. The molecular formula is C14H21N3O2. The number of piperidine rings is 1. The van der Waals surface area contributed by atoms with Crippen LogP contribution in [0.2, 0.25) is 0 Å². The van der Waals surface area contributed by atoms with Crippen LogP contribution in [0.5, 0.6) is 0 Å². The molecule has 1 aromatic carbocycles. The highest BCUT2D eigenvalue weighted by molar-refractivity contribution is 5.85. The minimum absolute atomic E-state index is 0.453. The number of nitrogens with one attached hydrogen (secondary N) is 3. The smallest absolute Gasteiger partial charge is 0.411 e. The second-order valence-corrected chi connectivity index (χ2v) is 4.73. The molecule has 0 saturated carbocycles. The van der Waals surface area contributed by atoms with E-state index in [1.807, 2.05) is 24.3 Å². The Bertz CT molecular complexity index is 417. The van der Waals surface area contributed by atoms with E-state index < -0.39 is 6.09 Å². The Morgan fingerprint density at radius 3 is 3.00 bits per heavy atom. The molecule has 1 heterocycles. The van der Waals surface area contributed by atoms with Gasteiger partial charge in [0.05, 0.1) is 7.11 Å². The Balaban J connectivity index is 1.85. The molecule has 1 aliphatic rings. The standard InChI is InChI=1S/C14H21N3O2/c1-19-14(18)17-12-7-4-6-11(9-12)16-10-13-5-2-3-8-15-13/h4,6-7,9,13,15-16H,2-3,5,8,10H2,1H3,(H,17,18). The first-order valence-corrected chi connectivity index (χ1v) is 6.70. The van der Waals surface area contributed by atoms with Gasteiger partial charge < -0.3 is 15.4 Å². The predicted molar refractivity (Wildman–Crippen MR) is 76.6 cm³/mol. The normalized spacial score (nSPS) is 18.7. The number of benzene rings is 1. The zero-order valence-electron chi connectivity index (χ0n) is 11.2. The number of carbonyl (C=O) groups is 1. The number of carbonyl (C=O) groups excluding carboxylic acids is 1. The van der Waals surface area contributed by atoms with Gasteiger partial charge in [0.2, 0.25) is 0 Å². The van der Waals surface area contributed by atoms with Gasteiger partial charge in [-0.1, -0.05) is 12.5 Å². The van der Waals surface area contributed by atoms with Crippen LogP contribution in [0.15, 0.2) is 24.3 Å². The molecule has 1 aliphatic heterocycles. The summed E-state index contributed by atoms with van der Waals surface area (Å²) in [5.74, 6) is 0. The minimum Gasteiger partial charge on any atom is -0.453 e. The molecule has 3 N–H and O–H groups in total. The van der Waals surface area contributed by atoms with Crippen LogP contribution >= 0.6 is 0 Å². The highest BCUT2D eigenvalue weighted by Gasteiger charge is 2.11. The van der Waals surface area contributed by atoms with Crippen molar-refractivity contribution in [1.29, 1.82) is 0 Å². The van der Waals surface area contributed by atoms with Crippen molar-refractivity contribution in [2.75, 3.05) is 30.8 Å². The van der Waals surface area contributed by atoms with Gasteiger partial charge in [-0.25, -0.2) is 4.79 Å². The zero-order chi connectivity index (χ0) is 13.5. The summed E-state index contributed by atoms with van der Waals surface area (Å²) < 4.78 is 4.57. The van der Waals surface area contributed by atoms with Gasteiger partial charge in [-0.3, -0.25) is 5.32 Å². The van der Waals surface area contributed by atoms with Gasteiger partial charge in [-0.2, -0.15) is 0 Å². The monoisotopic (exact) mass is 263 g/mol. The summed E-state index contributed by atoms with van der Waals surface area (Å²) >= 11 is 0. The average Bonchev–Trinajstić information content (AvgIpc) is 2.46. The molecule has 0 aliphatic carbocycles. The van der Waals surface area contributed by atoms with Crippen LogP contribution in [-0.2, 0) is 4.74 Å². The summed E-state index contributed by atoms with van der Waals surface area (Å²) in [6.45, 7) is 2.01. The molecule has 5 heteroatoms. The van der Waals surface area contributed by atoms with Gasteiger partial charge in [0.15, 0.2) is 0 Å². The topological polar surface area (TPSA) is 62.4 Å². The first-order chi connectivity index (χ1) is 9.28. The Hall–Kier alpha value is -1.75. The highest BCUT2D eigenvalue weighted by Crippen LogP contribution is 2.16. The van der Waals surface area contributed by atoms with Gasteiger partial charge in [0.1, 0.15) is 0 Å². The first kappa shape index (κ1) is 13.7. The lowest BCUT2D eigenvalue weighted by Crippen LogP contribution is -2.39. The van der Waals surface area contributed by atoms with Gasteiger partial charge >= 0.3 is 6.09 Å². The van der Waals surface area contributed by atoms with Crippen molar-refractivity contribution in [2.24, 2.45) is 0 Å². The van der Waals surface area contributed by atoms with E-state index in [-0.39, 0.29) is 0 Å². The molecule has 5 nitrogen and oxygen atoms in total. The molecule has 0 bridgehead atoms. The lowest BCUT2D eigenvalue weighted by atomic mass is 10.1. The number of anilines is 2. The van der Waals surface area contributed by atoms with Crippen LogP contribution in [0, 0.1) is 0 Å². The quantitative estimate of drug-likeness (QED) is 0.780. The molecule has 1 amide bonds.